The Morgan fingerprint density at radius 2 is 2.12 bits per heavy atom. The van der Waals surface area contributed by atoms with Crippen molar-refractivity contribution in [2.24, 2.45) is 12.1 Å². The SMILES string of the molecule is Cc1c(/C=N\NC(=O)c2cc(-c3ccccc3)n[nH]2)cc(C#N)n1C. The minimum absolute atomic E-state index is 0.318. The van der Waals surface area contributed by atoms with Gasteiger partial charge in [0.1, 0.15) is 17.5 Å². The average molecular weight is 332 g/mol. The zero-order chi connectivity index (χ0) is 17.8. The third-order valence-corrected chi connectivity index (χ3v) is 3.95. The summed E-state index contributed by atoms with van der Waals surface area (Å²) in [5, 5.41) is 19.8. The number of H-pyrrole nitrogens is 1. The quantitative estimate of drug-likeness (QED) is 0.566. The monoisotopic (exact) mass is 332 g/mol. The Kier molecular flexibility index (Phi) is 4.44. The molecule has 2 N–H and O–H groups in total. The van der Waals surface area contributed by atoms with Crippen LogP contribution in [0.2, 0.25) is 0 Å². The second-order valence-electron chi connectivity index (χ2n) is 5.47. The number of hydrogen-bond acceptors (Lipinski definition) is 4. The van der Waals surface area contributed by atoms with Crippen molar-refractivity contribution in [3.05, 3.63) is 65.1 Å². The zero-order valence-electron chi connectivity index (χ0n) is 13.8. The molecule has 0 fully saturated rings. The summed E-state index contributed by atoms with van der Waals surface area (Å²) in [5.41, 5.74) is 6.58. The Balaban J connectivity index is 1.69. The van der Waals surface area contributed by atoms with Crippen LogP contribution in [-0.2, 0) is 7.05 Å². The molecule has 1 amide bonds. The molecule has 0 radical (unpaired) electrons. The van der Waals surface area contributed by atoms with Gasteiger partial charge in [0.25, 0.3) is 5.91 Å². The van der Waals surface area contributed by atoms with E-state index in [1.807, 2.05) is 37.3 Å². The zero-order valence-corrected chi connectivity index (χ0v) is 13.8. The highest BCUT2D eigenvalue weighted by molar-refractivity contribution is 5.94. The summed E-state index contributed by atoms with van der Waals surface area (Å²) in [7, 11) is 1.81. The number of rotatable bonds is 4. The average Bonchev–Trinajstić information content (AvgIpc) is 3.23. The number of benzene rings is 1. The van der Waals surface area contributed by atoms with Crippen LogP contribution in [0.4, 0.5) is 0 Å². The minimum Gasteiger partial charge on any atom is -0.339 e. The number of aromatic nitrogens is 3. The first-order valence-electron chi connectivity index (χ1n) is 7.61. The Bertz CT molecular complexity index is 975. The van der Waals surface area contributed by atoms with Gasteiger partial charge in [0.05, 0.1) is 11.9 Å². The Hall–Kier alpha value is -3.66. The third-order valence-electron chi connectivity index (χ3n) is 3.95. The Morgan fingerprint density at radius 1 is 1.36 bits per heavy atom. The van der Waals surface area contributed by atoms with Crippen LogP contribution in [0.3, 0.4) is 0 Å². The fraction of sp³-hybridized carbons (Fsp3) is 0.111. The Labute approximate surface area is 144 Å². The second kappa shape index (κ2) is 6.84. The molecule has 0 aliphatic heterocycles. The van der Waals surface area contributed by atoms with Crippen LogP contribution >= 0.6 is 0 Å². The number of nitriles is 1. The predicted octanol–water partition coefficient (Wildman–Crippen LogP) is 2.36. The van der Waals surface area contributed by atoms with E-state index in [4.69, 9.17) is 5.26 Å². The number of aromatic amines is 1. The molecule has 0 aliphatic carbocycles. The van der Waals surface area contributed by atoms with Crippen LogP contribution in [-0.4, -0.2) is 26.9 Å². The van der Waals surface area contributed by atoms with Gasteiger partial charge < -0.3 is 4.57 Å². The number of carbonyl (C=O) groups is 1. The van der Waals surface area contributed by atoms with Crippen molar-refractivity contribution in [2.45, 2.75) is 6.92 Å². The number of nitrogens with one attached hydrogen (secondary N) is 2. The number of amides is 1. The van der Waals surface area contributed by atoms with Crippen LogP contribution in [0.15, 0.2) is 47.6 Å². The van der Waals surface area contributed by atoms with Crippen LogP contribution in [0.1, 0.15) is 27.4 Å². The number of hydrogen-bond donors (Lipinski definition) is 2. The molecule has 0 saturated heterocycles. The fourth-order valence-electron chi connectivity index (χ4n) is 2.38. The standard InChI is InChI=1S/C18H16N6O/c1-12-14(8-15(10-19)24(12)2)11-20-23-18(25)17-9-16(21-22-17)13-6-4-3-5-7-13/h3-9,11H,1-2H3,(H,21,22)(H,23,25)/b20-11-. The van der Waals surface area contributed by atoms with Crippen molar-refractivity contribution in [3.63, 3.8) is 0 Å². The normalized spacial score (nSPS) is 10.8. The molecule has 1 aromatic carbocycles. The van der Waals surface area contributed by atoms with Crippen LogP contribution in [0.25, 0.3) is 11.3 Å². The van der Waals surface area contributed by atoms with Gasteiger partial charge >= 0.3 is 0 Å². The van der Waals surface area contributed by atoms with Crippen LogP contribution in [0.5, 0.6) is 0 Å². The molecule has 3 rings (SSSR count). The highest BCUT2D eigenvalue weighted by Gasteiger charge is 2.10. The maximum absolute atomic E-state index is 12.1. The van der Waals surface area contributed by atoms with E-state index in [9.17, 15) is 4.79 Å². The van der Waals surface area contributed by atoms with Crippen LogP contribution < -0.4 is 5.43 Å². The summed E-state index contributed by atoms with van der Waals surface area (Å²) < 4.78 is 1.77. The number of carbonyl (C=O) groups excluding carboxylic acids is 1. The van der Waals surface area contributed by atoms with Gasteiger partial charge in [-0.1, -0.05) is 30.3 Å². The van der Waals surface area contributed by atoms with Crippen molar-refractivity contribution in [2.75, 3.05) is 0 Å². The summed E-state index contributed by atoms with van der Waals surface area (Å²) in [6.07, 6.45) is 1.52. The van der Waals surface area contributed by atoms with E-state index in [-0.39, 0.29) is 5.91 Å². The summed E-state index contributed by atoms with van der Waals surface area (Å²) in [6.45, 7) is 1.88. The van der Waals surface area contributed by atoms with E-state index in [1.165, 1.54) is 6.21 Å². The molecule has 2 aromatic heterocycles. The van der Waals surface area contributed by atoms with E-state index in [2.05, 4.69) is 26.8 Å². The fourth-order valence-corrected chi connectivity index (χ4v) is 2.38. The smallest absolute Gasteiger partial charge is 0.289 e. The summed E-state index contributed by atoms with van der Waals surface area (Å²) in [4.78, 5) is 12.1. The predicted molar refractivity (Wildman–Crippen MR) is 93.9 cm³/mol. The van der Waals surface area contributed by atoms with Crippen molar-refractivity contribution in [3.8, 4) is 17.3 Å². The molecule has 7 nitrogen and oxygen atoms in total. The van der Waals surface area contributed by atoms with Gasteiger partial charge in [-0.2, -0.15) is 15.5 Å². The lowest BCUT2D eigenvalue weighted by molar-refractivity contribution is 0.0950. The third kappa shape index (κ3) is 3.33. The van der Waals surface area contributed by atoms with E-state index in [0.29, 0.717) is 17.1 Å². The number of nitrogens with zero attached hydrogens (tertiary/aromatic N) is 4. The number of hydrazone groups is 1. The van der Waals surface area contributed by atoms with Gasteiger partial charge in [0, 0.05) is 23.9 Å². The van der Waals surface area contributed by atoms with Gasteiger partial charge in [-0.05, 0) is 19.1 Å². The first kappa shape index (κ1) is 16.2. The maximum atomic E-state index is 12.1. The molecule has 7 heteroatoms. The highest BCUT2D eigenvalue weighted by atomic mass is 16.2. The highest BCUT2D eigenvalue weighted by Crippen LogP contribution is 2.16. The van der Waals surface area contributed by atoms with Crippen molar-refractivity contribution in [1.82, 2.24) is 20.2 Å². The largest absolute Gasteiger partial charge is 0.339 e. The molecule has 0 bridgehead atoms. The van der Waals surface area contributed by atoms with Gasteiger partial charge in [-0.3, -0.25) is 9.89 Å². The maximum Gasteiger partial charge on any atom is 0.289 e. The van der Waals surface area contributed by atoms with Gasteiger partial charge in [0.2, 0.25) is 0 Å². The molecule has 0 saturated carbocycles. The van der Waals surface area contributed by atoms with E-state index < -0.39 is 0 Å². The second-order valence-corrected chi connectivity index (χ2v) is 5.47. The summed E-state index contributed by atoms with van der Waals surface area (Å²) in [6, 6.07) is 15.1. The van der Waals surface area contributed by atoms with Gasteiger partial charge in [-0.15, -0.1) is 0 Å². The minimum atomic E-state index is -0.389. The lowest BCUT2D eigenvalue weighted by Crippen LogP contribution is -2.18. The lowest BCUT2D eigenvalue weighted by Gasteiger charge is -1.98. The molecule has 0 atom stereocenters. The van der Waals surface area contributed by atoms with E-state index >= 15 is 0 Å². The molecule has 0 spiro atoms. The topological polar surface area (TPSA) is 98.9 Å². The molecular formula is C18H16N6O. The Morgan fingerprint density at radius 3 is 2.80 bits per heavy atom. The lowest BCUT2D eigenvalue weighted by atomic mass is 10.1. The summed E-state index contributed by atoms with van der Waals surface area (Å²) in [5.74, 6) is -0.389. The molecule has 0 aliphatic rings. The van der Waals surface area contributed by atoms with Crippen molar-refractivity contribution in [1.29, 1.82) is 5.26 Å². The first-order valence-corrected chi connectivity index (χ1v) is 7.61. The van der Waals surface area contributed by atoms with E-state index in [1.54, 1.807) is 23.7 Å². The molecule has 2 heterocycles. The van der Waals surface area contributed by atoms with Crippen molar-refractivity contribution < 1.29 is 4.79 Å². The van der Waals surface area contributed by atoms with Crippen LogP contribution in [0, 0.1) is 18.3 Å². The molecule has 124 valence electrons. The molecule has 0 unspecified atom stereocenters. The van der Waals surface area contributed by atoms with Crippen molar-refractivity contribution >= 4 is 12.1 Å². The molecule has 3 aromatic rings. The summed E-state index contributed by atoms with van der Waals surface area (Å²) >= 11 is 0. The molecule has 25 heavy (non-hydrogen) atoms. The van der Waals surface area contributed by atoms with E-state index in [0.717, 1.165) is 16.8 Å². The first-order chi connectivity index (χ1) is 12.1. The van der Waals surface area contributed by atoms with Gasteiger partial charge in [-0.25, -0.2) is 5.43 Å². The van der Waals surface area contributed by atoms with Gasteiger partial charge in [0.15, 0.2) is 0 Å². The molecular weight excluding hydrogens is 316 g/mol.